The van der Waals surface area contributed by atoms with Crippen molar-refractivity contribution in [1.29, 1.82) is 0 Å². The van der Waals surface area contributed by atoms with Crippen molar-refractivity contribution in [3.8, 4) is 23.0 Å². The highest BCUT2D eigenvalue weighted by molar-refractivity contribution is 6.24. The number of hydrogen-bond acceptors (Lipinski definition) is 6. The SMILES string of the molecule is COc1ccc(C2=C3C=CC(=N3)c3c4ccc(OC)cc4nc4cc([nH]c34)C(c3ccc(OC)cc3)=c3ccc([nH]3)=C(c3ccc(OC)cc3)c3ccc2[nH]3)cc1. The molecule has 0 saturated carbocycles. The second-order valence-electron chi connectivity index (χ2n) is 13.9. The average Bonchev–Trinajstić information content (AvgIpc) is 4.10. The largest absolute Gasteiger partial charge is 0.497 e. The van der Waals surface area contributed by atoms with Crippen LogP contribution in [-0.2, 0) is 0 Å². The van der Waals surface area contributed by atoms with Crippen LogP contribution in [0.15, 0.2) is 144 Å². The molecule has 4 aromatic carbocycles. The maximum atomic E-state index is 5.65. The number of hydrogen-bond donors (Lipinski definition) is 3. The van der Waals surface area contributed by atoms with E-state index >= 15 is 0 Å². The lowest BCUT2D eigenvalue weighted by molar-refractivity contribution is 0.414. The summed E-state index contributed by atoms with van der Waals surface area (Å²) in [6.45, 7) is 0. The van der Waals surface area contributed by atoms with Crippen molar-refractivity contribution in [2.75, 3.05) is 28.4 Å². The van der Waals surface area contributed by atoms with Gasteiger partial charge in [-0.1, -0.05) is 36.4 Å². The average molecular weight is 748 g/mol. The van der Waals surface area contributed by atoms with Crippen molar-refractivity contribution >= 4 is 44.4 Å². The summed E-state index contributed by atoms with van der Waals surface area (Å²) < 4.78 is 22.3. The molecule has 8 bridgehead atoms. The van der Waals surface area contributed by atoms with Gasteiger partial charge in [-0.2, -0.15) is 0 Å². The molecule has 4 aromatic heterocycles. The Kier molecular flexibility index (Phi) is 8.14. The summed E-state index contributed by atoms with van der Waals surface area (Å²) in [5.74, 6) is 3.08. The van der Waals surface area contributed by atoms with Crippen molar-refractivity contribution in [2.45, 2.75) is 0 Å². The highest BCUT2D eigenvalue weighted by Gasteiger charge is 2.24. The second-order valence-corrected chi connectivity index (χ2v) is 13.9. The molecular formula is C48H37N5O4. The van der Waals surface area contributed by atoms with Crippen LogP contribution in [0.25, 0.3) is 38.7 Å². The third kappa shape index (κ3) is 5.79. The van der Waals surface area contributed by atoms with Gasteiger partial charge in [0.2, 0.25) is 0 Å². The number of allylic oxidation sites excluding steroid dienone is 2. The van der Waals surface area contributed by atoms with E-state index in [1.54, 1.807) is 28.4 Å². The van der Waals surface area contributed by atoms with E-state index in [0.29, 0.717) is 0 Å². The summed E-state index contributed by atoms with van der Waals surface area (Å²) in [5, 5.41) is 2.83. The molecule has 0 amide bonds. The number of H-pyrrole nitrogens is 3. The normalized spacial score (nSPS) is 13.5. The molecule has 9 nitrogen and oxygen atoms in total. The molecule has 278 valence electrons. The molecule has 3 N–H and O–H groups in total. The van der Waals surface area contributed by atoms with Crippen LogP contribution in [0.2, 0.25) is 0 Å². The molecule has 0 aliphatic carbocycles. The number of rotatable bonds is 7. The fourth-order valence-corrected chi connectivity index (χ4v) is 7.97. The molecule has 0 atom stereocenters. The van der Waals surface area contributed by atoms with Crippen molar-refractivity contribution in [3.05, 3.63) is 189 Å². The number of aromatic nitrogens is 4. The van der Waals surface area contributed by atoms with Gasteiger partial charge in [0, 0.05) is 55.8 Å². The van der Waals surface area contributed by atoms with Crippen LogP contribution in [0.1, 0.15) is 39.3 Å². The van der Waals surface area contributed by atoms with Crippen LogP contribution in [0.4, 0.5) is 0 Å². The fraction of sp³-hybridized carbons (Fsp3) is 0.0833. The molecule has 8 aromatic rings. The van der Waals surface area contributed by atoms with Crippen molar-refractivity contribution in [2.24, 2.45) is 4.99 Å². The highest BCUT2D eigenvalue weighted by atomic mass is 16.5. The first-order valence-electron chi connectivity index (χ1n) is 18.6. The number of ether oxygens (including phenoxy) is 4. The molecule has 0 radical (unpaired) electrons. The molecule has 0 saturated heterocycles. The van der Waals surface area contributed by atoms with Gasteiger partial charge in [0.15, 0.2) is 0 Å². The summed E-state index contributed by atoms with van der Waals surface area (Å²) >= 11 is 0. The first kappa shape index (κ1) is 34.0. The zero-order valence-corrected chi connectivity index (χ0v) is 31.7. The smallest absolute Gasteiger partial charge is 0.121 e. The van der Waals surface area contributed by atoms with E-state index in [-0.39, 0.29) is 0 Å². The Hall–Kier alpha value is -7.52. The third-order valence-corrected chi connectivity index (χ3v) is 10.8. The van der Waals surface area contributed by atoms with Crippen molar-refractivity contribution in [1.82, 2.24) is 19.9 Å². The Bertz CT molecular complexity index is 3090. The predicted molar refractivity (Wildman–Crippen MR) is 225 cm³/mol. The summed E-state index contributed by atoms with van der Waals surface area (Å²) in [7, 11) is 6.71. The van der Waals surface area contributed by atoms with Crippen LogP contribution >= 0.6 is 0 Å². The van der Waals surface area contributed by atoms with Gasteiger partial charge in [-0.15, -0.1) is 0 Å². The van der Waals surface area contributed by atoms with Crippen LogP contribution in [0.3, 0.4) is 0 Å². The van der Waals surface area contributed by atoms with Gasteiger partial charge in [0.25, 0.3) is 0 Å². The van der Waals surface area contributed by atoms with Gasteiger partial charge in [0.1, 0.15) is 23.0 Å². The third-order valence-electron chi connectivity index (χ3n) is 10.8. The van der Waals surface area contributed by atoms with E-state index in [1.807, 2.05) is 48.5 Å². The van der Waals surface area contributed by atoms with E-state index in [0.717, 1.165) is 123 Å². The number of benzene rings is 4. The molecule has 0 spiro atoms. The summed E-state index contributed by atoms with van der Waals surface area (Å²) in [5.41, 5.74) is 13.8. The molecule has 57 heavy (non-hydrogen) atoms. The second kappa shape index (κ2) is 13.6. The number of fused-ring (bicyclic) bond motifs is 9. The first-order chi connectivity index (χ1) is 28.0. The van der Waals surface area contributed by atoms with Gasteiger partial charge >= 0.3 is 0 Å². The van der Waals surface area contributed by atoms with Crippen molar-refractivity contribution in [3.63, 3.8) is 0 Å². The van der Waals surface area contributed by atoms with Gasteiger partial charge in [-0.05, 0) is 108 Å². The number of pyridine rings is 1. The van der Waals surface area contributed by atoms with Crippen LogP contribution < -0.4 is 29.6 Å². The lowest BCUT2D eigenvalue weighted by Gasteiger charge is -2.12. The van der Waals surface area contributed by atoms with E-state index in [1.165, 1.54) is 0 Å². The summed E-state index contributed by atoms with van der Waals surface area (Å²) in [6, 6.07) is 41.1. The minimum absolute atomic E-state index is 0.733. The molecule has 9 heteroatoms. The maximum absolute atomic E-state index is 5.65. The van der Waals surface area contributed by atoms with Gasteiger partial charge in [-0.25, -0.2) is 9.98 Å². The number of methoxy groups -OCH3 is 4. The fourth-order valence-electron chi connectivity index (χ4n) is 7.97. The maximum Gasteiger partial charge on any atom is 0.121 e. The molecular weight excluding hydrogens is 711 g/mol. The van der Waals surface area contributed by atoms with E-state index in [4.69, 9.17) is 28.9 Å². The summed E-state index contributed by atoms with van der Waals surface area (Å²) in [6.07, 6.45) is 4.19. The topological polar surface area (TPSA) is 110 Å². The Morgan fingerprint density at radius 3 is 1.54 bits per heavy atom. The van der Waals surface area contributed by atoms with E-state index in [9.17, 15) is 0 Å². The Morgan fingerprint density at radius 2 is 0.965 bits per heavy atom. The standard InChI is InChI=1S/C48H37N5O4/c1-54-30-11-5-27(6-12-30)44-35-19-20-36(49-35)45(28-7-13-31(55-2)14-8-28)38-23-24-40(51-38)47-34-18-17-33(57-4)25-41(34)52-43-26-42(53-48(43)47)46(39-22-21-37(44)50-39)29-9-15-32(56-3)16-10-29/h5-26,49-50,53H,1-4H3. The molecule has 0 unspecified atom stereocenters. The molecule has 2 aliphatic heterocycles. The quantitative estimate of drug-likeness (QED) is 0.153. The first-order valence-corrected chi connectivity index (χ1v) is 18.6. The minimum Gasteiger partial charge on any atom is -0.497 e. The molecule has 2 aliphatic rings. The lowest BCUT2D eigenvalue weighted by atomic mass is 10.0. The van der Waals surface area contributed by atoms with Crippen LogP contribution in [-0.4, -0.2) is 54.1 Å². The van der Waals surface area contributed by atoms with Crippen LogP contribution in [0.5, 0.6) is 23.0 Å². The zero-order valence-electron chi connectivity index (χ0n) is 31.7. The minimum atomic E-state index is 0.733. The number of aromatic amines is 3. The highest BCUT2D eigenvalue weighted by Crippen LogP contribution is 2.37. The zero-order chi connectivity index (χ0) is 38.6. The summed E-state index contributed by atoms with van der Waals surface area (Å²) in [4.78, 5) is 22.1. The Balaban J connectivity index is 1.35. The Labute approximate surface area is 328 Å². The number of nitrogens with zero attached hydrogens (tertiary/aromatic N) is 2. The molecule has 6 heterocycles. The van der Waals surface area contributed by atoms with E-state index < -0.39 is 0 Å². The lowest BCUT2D eigenvalue weighted by Crippen LogP contribution is -2.17. The predicted octanol–water partition coefficient (Wildman–Crippen LogP) is 8.03. The van der Waals surface area contributed by atoms with Crippen LogP contribution in [0, 0.1) is 0 Å². The van der Waals surface area contributed by atoms with Gasteiger partial charge < -0.3 is 33.9 Å². The number of nitrogens with one attached hydrogen (secondary N) is 3. The Morgan fingerprint density at radius 1 is 0.439 bits per heavy atom. The van der Waals surface area contributed by atoms with Gasteiger partial charge in [0.05, 0.1) is 62.1 Å². The number of aliphatic imine (C=N–C) groups is 1. The van der Waals surface area contributed by atoms with Crippen molar-refractivity contribution < 1.29 is 18.9 Å². The van der Waals surface area contributed by atoms with Gasteiger partial charge in [-0.3, -0.25) is 0 Å². The van der Waals surface area contributed by atoms with E-state index in [2.05, 4.69) is 99.9 Å². The molecule has 10 rings (SSSR count). The molecule has 0 fully saturated rings. The monoisotopic (exact) mass is 747 g/mol.